The number of nitrogens with one attached hydrogen (secondary N) is 1. The van der Waals surface area contributed by atoms with Crippen LogP contribution in [0.5, 0.6) is 0 Å². The van der Waals surface area contributed by atoms with E-state index in [0.29, 0.717) is 6.54 Å². The quantitative estimate of drug-likeness (QED) is 0.609. The van der Waals surface area contributed by atoms with E-state index in [1.165, 1.54) is 10.4 Å². The molecule has 2 aliphatic rings. The maximum absolute atomic E-state index is 12.6. The molecule has 5 rings (SSSR count). The van der Waals surface area contributed by atoms with E-state index >= 15 is 0 Å². The van der Waals surface area contributed by atoms with E-state index in [1.807, 2.05) is 30.5 Å². The Morgan fingerprint density at radius 3 is 2.68 bits per heavy atom. The number of piperidine rings is 1. The Bertz CT molecular complexity index is 1010. The summed E-state index contributed by atoms with van der Waals surface area (Å²) in [4.78, 5) is 25.4. The maximum atomic E-state index is 12.6. The third kappa shape index (κ3) is 4.70. The number of thiazole rings is 1. The van der Waals surface area contributed by atoms with E-state index in [1.54, 1.807) is 17.5 Å². The van der Waals surface area contributed by atoms with Gasteiger partial charge in [-0.3, -0.25) is 14.7 Å². The first-order valence-electron chi connectivity index (χ1n) is 11.1. The summed E-state index contributed by atoms with van der Waals surface area (Å²) >= 11 is 1.79. The molecule has 1 atom stereocenters. The van der Waals surface area contributed by atoms with Gasteiger partial charge in [0.25, 0.3) is 0 Å². The van der Waals surface area contributed by atoms with Crippen LogP contribution in [0.15, 0.2) is 60.9 Å². The van der Waals surface area contributed by atoms with Crippen LogP contribution in [0.4, 0.5) is 0 Å². The zero-order valence-corrected chi connectivity index (χ0v) is 18.5. The van der Waals surface area contributed by atoms with Crippen LogP contribution in [0.3, 0.4) is 0 Å². The lowest BCUT2D eigenvalue weighted by Gasteiger charge is -2.32. The smallest absolute Gasteiger partial charge is 0.223 e. The topological polar surface area (TPSA) is 58.1 Å². The molecule has 0 radical (unpaired) electrons. The number of hydrogen-bond acceptors (Lipinski definition) is 5. The number of rotatable bonds is 7. The normalized spacial score (nSPS) is 19.9. The first kappa shape index (κ1) is 20.3. The molecule has 6 heteroatoms. The number of likely N-dealkylation sites (tertiary alicyclic amines) is 1. The molecule has 1 N–H and O–H groups in total. The molecule has 1 amide bonds. The zero-order chi connectivity index (χ0) is 21.1. The van der Waals surface area contributed by atoms with Crippen LogP contribution < -0.4 is 5.32 Å². The third-order valence-corrected chi connectivity index (χ3v) is 7.75. The van der Waals surface area contributed by atoms with Gasteiger partial charge in [0.1, 0.15) is 5.01 Å². The number of aromatic nitrogens is 2. The van der Waals surface area contributed by atoms with Crippen molar-refractivity contribution < 1.29 is 4.79 Å². The summed E-state index contributed by atoms with van der Waals surface area (Å²) in [5.41, 5.74) is 2.46. The first-order chi connectivity index (χ1) is 15.2. The van der Waals surface area contributed by atoms with Crippen LogP contribution in [0, 0.1) is 11.3 Å². The van der Waals surface area contributed by atoms with E-state index in [-0.39, 0.29) is 17.2 Å². The molecule has 1 spiro atoms. The van der Waals surface area contributed by atoms with Crippen LogP contribution in [-0.4, -0.2) is 40.4 Å². The predicted molar refractivity (Wildman–Crippen MR) is 124 cm³/mol. The number of benzene rings is 1. The molecule has 1 aliphatic heterocycles. The summed E-state index contributed by atoms with van der Waals surface area (Å²) in [5.74, 6) is 0.436. The van der Waals surface area contributed by atoms with Gasteiger partial charge in [-0.2, -0.15) is 0 Å². The Kier molecular flexibility index (Phi) is 5.83. The molecule has 1 saturated carbocycles. The molecule has 0 unspecified atom stereocenters. The number of amides is 1. The molecule has 3 aromatic rings. The largest absolute Gasteiger partial charge is 0.355 e. The van der Waals surface area contributed by atoms with E-state index in [0.717, 1.165) is 56.0 Å². The highest BCUT2D eigenvalue weighted by atomic mass is 32.1. The molecule has 1 aromatic carbocycles. The van der Waals surface area contributed by atoms with Crippen molar-refractivity contribution in [2.45, 2.75) is 32.2 Å². The van der Waals surface area contributed by atoms with Crippen molar-refractivity contribution in [3.63, 3.8) is 0 Å². The second kappa shape index (κ2) is 8.89. The van der Waals surface area contributed by atoms with Crippen molar-refractivity contribution >= 4 is 17.2 Å². The minimum Gasteiger partial charge on any atom is -0.355 e. The minimum atomic E-state index is 0.200. The van der Waals surface area contributed by atoms with Gasteiger partial charge in [-0.15, -0.1) is 11.3 Å². The Labute approximate surface area is 187 Å². The van der Waals surface area contributed by atoms with Crippen LogP contribution in [-0.2, 0) is 17.8 Å². The summed E-state index contributed by atoms with van der Waals surface area (Å²) in [5, 5.41) is 4.23. The summed E-state index contributed by atoms with van der Waals surface area (Å²) in [7, 11) is 0. The van der Waals surface area contributed by atoms with Crippen LogP contribution in [0.1, 0.15) is 29.8 Å². The molecule has 3 heterocycles. The summed E-state index contributed by atoms with van der Waals surface area (Å²) in [6.45, 7) is 3.76. The van der Waals surface area contributed by atoms with Gasteiger partial charge in [0.15, 0.2) is 0 Å². The van der Waals surface area contributed by atoms with E-state index in [9.17, 15) is 4.79 Å². The van der Waals surface area contributed by atoms with Gasteiger partial charge >= 0.3 is 0 Å². The number of hydrogen-bond donors (Lipinski definition) is 1. The van der Waals surface area contributed by atoms with Crippen molar-refractivity contribution in [1.82, 2.24) is 20.2 Å². The Morgan fingerprint density at radius 1 is 1.10 bits per heavy atom. The van der Waals surface area contributed by atoms with Gasteiger partial charge in [0.2, 0.25) is 5.91 Å². The van der Waals surface area contributed by atoms with E-state index in [2.05, 4.69) is 44.5 Å². The summed E-state index contributed by atoms with van der Waals surface area (Å²) in [6, 6.07) is 16.3. The Morgan fingerprint density at radius 2 is 1.90 bits per heavy atom. The van der Waals surface area contributed by atoms with Crippen molar-refractivity contribution in [3.8, 4) is 10.6 Å². The molecule has 2 aromatic heterocycles. The predicted octanol–water partition coefficient (Wildman–Crippen LogP) is 4.17. The molecule has 5 nitrogen and oxygen atoms in total. The van der Waals surface area contributed by atoms with E-state index in [4.69, 9.17) is 0 Å². The fraction of sp³-hybridized carbons (Fsp3) is 0.400. The number of nitrogens with zero attached hydrogens (tertiary/aromatic N) is 3. The van der Waals surface area contributed by atoms with Crippen molar-refractivity contribution in [3.05, 3.63) is 71.5 Å². The standard InChI is InChI=1S/C25H28N4OS/c30-23(27-13-9-20-8-4-5-12-26-20)22-16-25(22)10-14-29(15-11-25)18-21-17-28-24(31-21)19-6-2-1-3-7-19/h1-8,12,17,22H,9-11,13-16,18H2,(H,27,30)/t22-/m0/s1. The molecule has 1 aliphatic carbocycles. The molecule has 160 valence electrons. The minimum absolute atomic E-state index is 0.200. The molecule has 31 heavy (non-hydrogen) atoms. The second-order valence-corrected chi connectivity index (χ2v) is 9.87. The maximum Gasteiger partial charge on any atom is 0.223 e. The van der Waals surface area contributed by atoms with Gasteiger partial charge in [-0.1, -0.05) is 36.4 Å². The highest BCUT2D eigenvalue weighted by Gasteiger charge is 2.58. The molecule has 0 bridgehead atoms. The molecular weight excluding hydrogens is 404 g/mol. The van der Waals surface area contributed by atoms with Crippen LogP contribution in [0.2, 0.25) is 0 Å². The third-order valence-electron chi connectivity index (χ3n) is 6.72. The fourth-order valence-electron chi connectivity index (χ4n) is 4.73. The average molecular weight is 433 g/mol. The highest BCUT2D eigenvalue weighted by molar-refractivity contribution is 7.15. The number of carbonyl (C=O) groups excluding carboxylic acids is 1. The second-order valence-electron chi connectivity index (χ2n) is 8.76. The molecular formula is C25H28N4OS. The van der Waals surface area contributed by atoms with Gasteiger partial charge < -0.3 is 5.32 Å². The van der Waals surface area contributed by atoms with Gasteiger partial charge in [0, 0.05) is 54.0 Å². The number of pyridine rings is 1. The average Bonchev–Trinajstić information content (AvgIpc) is 3.31. The van der Waals surface area contributed by atoms with Crippen LogP contribution in [0.25, 0.3) is 10.6 Å². The lowest BCUT2D eigenvalue weighted by Crippen LogP contribution is -2.37. The van der Waals surface area contributed by atoms with E-state index < -0.39 is 0 Å². The molecule has 2 fully saturated rings. The van der Waals surface area contributed by atoms with Crippen LogP contribution >= 0.6 is 11.3 Å². The highest BCUT2D eigenvalue weighted by Crippen LogP contribution is 2.59. The lowest BCUT2D eigenvalue weighted by molar-refractivity contribution is -0.123. The molecule has 1 saturated heterocycles. The van der Waals surface area contributed by atoms with Crippen molar-refractivity contribution in [2.24, 2.45) is 11.3 Å². The summed E-state index contributed by atoms with van der Waals surface area (Å²) < 4.78 is 0. The van der Waals surface area contributed by atoms with Crippen molar-refractivity contribution in [2.75, 3.05) is 19.6 Å². The summed E-state index contributed by atoms with van der Waals surface area (Å²) in [6.07, 6.45) is 7.90. The van der Waals surface area contributed by atoms with Crippen molar-refractivity contribution in [1.29, 1.82) is 0 Å². The monoisotopic (exact) mass is 432 g/mol. The van der Waals surface area contributed by atoms with Gasteiger partial charge in [0.05, 0.1) is 0 Å². The Balaban J connectivity index is 1.07. The zero-order valence-electron chi connectivity index (χ0n) is 17.7. The first-order valence-corrected chi connectivity index (χ1v) is 11.9. The SMILES string of the molecule is O=C(NCCc1ccccn1)[C@@H]1CC12CCN(Cc1cnc(-c3ccccc3)s1)CC2. The lowest BCUT2D eigenvalue weighted by atomic mass is 9.90. The fourth-order valence-corrected chi connectivity index (χ4v) is 5.69. The Hall–Kier alpha value is -2.57. The number of carbonyl (C=O) groups is 1. The van der Waals surface area contributed by atoms with Gasteiger partial charge in [-0.05, 0) is 49.9 Å². The van der Waals surface area contributed by atoms with Gasteiger partial charge in [-0.25, -0.2) is 4.98 Å².